The second-order valence-corrected chi connectivity index (χ2v) is 7.22. The molecule has 3 heterocycles. The molecule has 2 aromatic carbocycles. The Hall–Kier alpha value is -4.40. The number of benzene rings is 2. The second kappa shape index (κ2) is 7.69. The van der Waals surface area contributed by atoms with E-state index in [2.05, 4.69) is 20.5 Å². The average molecular weight is 428 g/mol. The van der Waals surface area contributed by atoms with Gasteiger partial charge in [-0.25, -0.2) is 9.38 Å². The Labute approximate surface area is 182 Å². The normalized spacial score (nSPS) is 15.8. The lowest BCUT2D eigenvalue weighted by molar-refractivity contribution is -0.119. The molecule has 4 aromatic rings. The summed E-state index contributed by atoms with van der Waals surface area (Å²) in [5.74, 6) is -1.53. The first-order valence-electron chi connectivity index (χ1n) is 9.84. The molecule has 1 unspecified atom stereocenters. The Bertz CT molecular complexity index is 1360. The van der Waals surface area contributed by atoms with E-state index in [4.69, 9.17) is 0 Å². The number of nitrogens with zero attached hydrogens (tertiary/aromatic N) is 5. The topological polar surface area (TPSA) is 92.0 Å². The molecule has 2 aromatic heterocycles. The Morgan fingerprint density at radius 2 is 1.78 bits per heavy atom. The molecule has 0 saturated heterocycles. The van der Waals surface area contributed by atoms with Crippen molar-refractivity contribution >= 4 is 28.7 Å². The van der Waals surface area contributed by atoms with Gasteiger partial charge in [-0.3, -0.25) is 9.59 Å². The van der Waals surface area contributed by atoms with Gasteiger partial charge in [0.15, 0.2) is 5.69 Å². The standard InChI is InChI=1S/C23H17FN6O2/c1-29-19-11-5-3-9-16(19)20(15-8-2-4-10-17(15)24)26-21(23(29)32)27-22(31)18-13-14-7-6-12-25-30(14)28-18/h2-13,21H,1H3,(H,27,31). The number of amides is 2. The Morgan fingerprint density at radius 3 is 2.56 bits per heavy atom. The van der Waals surface area contributed by atoms with Crippen LogP contribution in [-0.2, 0) is 4.79 Å². The number of anilines is 1. The molecule has 158 valence electrons. The SMILES string of the molecule is CN1C(=O)C(NC(=O)c2cc3cccnn3n2)N=C(c2ccccc2F)c2ccccc21. The average Bonchev–Trinajstić information content (AvgIpc) is 3.22. The lowest BCUT2D eigenvalue weighted by atomic mass is 10.00. The summed E-state index contributed by atoms with van der Waals surface area (Å²) in [5, 5.41) is 10.8. The van der Waals surface area contributed by atoms with Crippen LogP contribution in [0.3, 0.4) is 0 Å². The van der Waals surface area contributed by atoms with Crippen LogP contribution in [0, 0.1) is 5.82 Å². The quantitative estimate of drug-likeness (QED) is 0.543. The van der Waals surface area contributed by atoms with Crippen LogP contribution in [-0.4, -0.2) is 45.6 Å². The molecule has 0 spiro atoms. The first kappa shape index (κ1) is 19.6. The smallest absolute Gasteiger partial charge is 0.273 e. The minimum Gasteiger partial charge on any atom is -0.321 e. The predicted molar refractivity (Wildman–Crippen MR) is 116 cm³/mol. The minimum absolute atomic E-state index is 0.0866. The van der Waals surface area contributed by atoms with Crippen molar-refractivity contribution in [1.82, 2.24) is 20.1 Å². The molecule has 0 aliphatic carbocycles. The number of fused-ring (bicyclic) bond motifs is 2. The fraction of sp³-hybridized carbons (Fsp3) is 0.0870. The zero-order chi connectivity index (χ0) is 22.2. The highest BCUT2D eigenvalue weighted by atomic mass is 19.1. The van der Waals surface area contributed by atoms with E-state index in [0.29, 0.717) is 16.8 Å². The van der Waals surface area contributed by atoms with Gasteiger partial charge in [-0.15, -0.1) is 5.10 Å². The number of likely N-dealkylation sites (N-methyl/N-ethyl adjacent to an activating group) is 1. The Balaban J connectivity index is 1.58. The summed E-state index contributed by atoms with van der Waals surface area (Å²) in [5.41, 5.74) is 2.38. The van der Waals surface area contributed by atoms with Crippen molar-refractivity contribution in [1.29, 1.82) is 0 Å². The molecule has 32 heavy (non-hydrogen) atoms. The maximum atomic E-state index is 14.7. The van der Waals surface area contributed by atoms with Crippen molar-refractivity contribution in [3.63, 3.8) is 0 Å². The fourth-order valence-electron chi connectivity index (χ4n) is 3.63. The van der Waals surface area contributed by atoms with E-state index in [1.165, 1.54) is 15.6 Å². The molecule has 1 aliphatic heterocycles. The number of nitrogens with one attached hydrogen (secondary N) is 1. The molecule has 1 N–H and O–H groups in total. The molecule has 0 fully saturated rings. The van der Waals surface area contributed by atoms with Crippen LogP contribution in [0.25, 0.3) is 5.52 Å². The lowest BCUT2D eigenvalue weighted by Gasteiger charge is -2.20. The summed E-state index contributed by atoms with van der Waals surface area (Å²) in [7, 11) is 1.59. The number of aliphatic imine (C=N–C) groups is 1. The number of carbonyl (C=O) groups excluding carboxylic acids is 2. The molecule has 5 rings (SSSR count). The van der Waals surface area contributed by atoms with Crippen LogP contribution in [0.5, 0.6) is 0 Å². The molecule has 0 saturated carbocycles. The number of halogens is 1. The van der Waals surface area contributed by atoms with Crippen molar-refractivity contribution in [2.24, 2.45) is 4.99 Å². The molecule has 1 aliphatic rings. The summed E-state index contributed by atoms with van der Waals surface area (Å²) in [6.07, 6.45) is 0.278. The van der Waals surface area contributed by atoms with Crippen LogP contribution >= 0.6 is 0 Å². The summed E-state index contributed by atoms with van der Waals surface area (Å²) >= 11 is 0. The summed E-state index contributed by atoms with van der Waals surface area (Å²) in [6.45, 7) is 0. The molecule has 8 nitrogen and oxygen atoms in total. The number of hydrogen-bond donors (Lipinski definition) is 1. The first-order valence-corrected chi connectivity index (χ1v) is 9.84. The highest BCUT2D eigenvalue weighted by molar-refractivity contribution is 6.20. The monoisotopic (exact) mass is 428 g/mol. The third-order valence-electron chi connectivity index (χ3n) is 5.22. The van der Waals surface area contributed by atoms with Gasteiger partial charge in [-0.1, -0.05) is 30.3 Å². The highest BCUT2D eigenvalue weighted by Crippen LogP contribution is 2.28. The van der Waals surface area contributed by atoms with E-state index in [0.717, 1.165) is 0 Å². The predicted octanol–water partition coefficient (Wildman–Crippen LogP) is 2.44. The van der Waals surface area contributed by atoms with Crippen molar-refractivity contribution in [2.45, 2.75) is 6.17 Å². The molecular formula is C23H17FN6O2. The molecule has 2 amide bonds. The number of rotatable bonds is 3. The van der Waals surface area contributed by atoms with Crippen molar-refractivity contribution in [3.05, 3.63) is 95.6 Å². The summed E-state index contributed by atoms with van der Waals surface area (Å²) in [6, 6.07) is 18.3. The number of para-hydroxylation sites is 1. The zero-order valence-electron chi connectivity index (χ0n) is 16.9. The molecule has 0 radical (unpaired) electrons. The van der Waals surface area contributed by atoms with Gasteiger partial charge in [0, 0.05) is 24.4 Å². The Morgan fingerprint density at radius 1 is 1.03 bits per heavy atom. The van der Waals surface area contributed by atoms with E-state index in [9.17, 15) is 14.0 Å². The van der Waals surface area contributed by atoms with Crippen LogP contribution in [0.15, 0.2) is 77.9 Å². The van der Waals surface area contributed by atoms with E-state index in [1.54, 1.807) is 73.9 Å². The highest BCUT2D eigenvalue weighted by Gasteiger charge is 2.32. The number of hydrogen-bond acceptors (Lipinski definition) is 5. The van der Waals surface area contributed by atoms with Crippen LogP contribution in [0.2, 0.25) is 0 Å². The van der Waals surface area contributed by atoms with Gasteiger partial charge in [0.1, 0.15) is 5.82 Å². The van der Waals surface area contributed by atoms with Gasteiger partial charge in [-0.2, -0.15) is 9.73 Å². The number of carbonyl (C=O) groups is 2. The summed E-state index contributed by atoms with van der Waals surface area (Å²) in [4.78, 5) is 32.0. The first-order chi connectivity index (χ1) is 15.5. The maximum absolute atomic E-state index is 14.7. The van der Waals surface area contributed by atoms with Gasteiger partial charge >= 0.3 is 0 Å². The van der Waals surface area contributed by atoms with Gasteiger partial charge in [0.05, 0.1) is 16.9 Å². The third-order valence-corrected chi connectivity index (χ3v) is 5.22. The fourth-order valence-corrected chi connectivity index (χ4v) is 3.63. The van der Waals surface area contributed by atoms with Crippen LogP contribution < -0.4 is 10.2 Å². The van der Waals surface area contributed by atoms with E-state index >= 15 is 0 Å². The number of benzodiazepines with no additional fused rings is 1. The molecule has 0 bridgehead atoms. The number of aromatic nitrogens is 3. The van der Waals surface area contributed by atoms with Crippen molar-refractivity contribution in [2.75, 3.05) is 11.9 Å². The van der Waals surface area contributed by atoms with E-state index in [1.807, 2.05) is 0 Å². The third kappa shape index (κ3) is 3.29. The zero-order valence-corrected chi connectivity index (χ0v) is 16.9. The summed E-state index contributed by atoms with van der Waals surface area (Å²) < 4.78 is 16.0. The molecule has 1 atom stereocenters. The second-order valence-electron chi connectivity index (χ2n) is 7.22. The minimum atomic E-state index is -1.27. The van der Waals surface area contributed by atoms with Gasteiger partial charge < -0.3 is 10.2 Å². The van der Waals surface area contributed by atoms with Crippen LogP contribution in [0.1, 0.15) is 21.6 Å². The largest absolute Gasteiger partial charge is 0.321 e. The van der Waals surface area contributed by atoms with Gasteiger partial charge in [-0.05, 0) is 36.4 Å². The molecule has 9 heteroatoms. The van der Waals surface area contributed by atoms with Crippen molar-refractivity contribution in [3.8, 4) is 0 Å². The molecular weight excluding hydrogens is 411 g/mol. The van der Waals surface area contributed by atoms with Gasteiger partial charge in [0.2, 0.25) is 6.17 Å². The van der Waals surface area contributed by atoms with E-state index in [-0.39, 0.29) is 17.0 Å². The lowest BCUT2D eigenvalue weighted by Crippen LogP contribution is -2.46. The van der Waals surface area contributed by atoms with Crippen LogP contribution in [0.4, 0.5) is 10.1 Å². The van der Waals surface area contributed by atoms with E-state index < -0.39 is 23.8 Å². The van der Waals surface area contributed by atoms with Gasteiger partial charge in [0.25, 0.3) is 11.8 Å². The van der Waals surface area contributed by atoms with Crippen molar-refractivity contribution < 1.29 is 14.0 Å². The maximum Gasteiger partial charge on any atom is 0.273 e. The Kier molecular flexibility index (Phi) is 4.70.